The van der Waals surface area contributed by atoms with Crippen molar-refractivity contribution in [3.05, 3.63) is 40.3 Å². The van der Waals surface area contributed by atoms with E-state index in [2.05, 4.69) is 5.32 Å². The standard InChI is InChI=1S/C19H22N2O4S/c1-2-24-13-8-4-5-9-14(13)25-11-16(22)21-19-17(18(20)23)12-7-3-6-10-15(12)26-19/h4-5,8-9H,2-3,6-7,10-11H2,1H3,(H2,20,23)(H,21,22). The number of hydrogen-bond acceptors (Lipinski definition) is 5. The molecule has 0 bridgehead atoms. The maximum atomic E-state index is 12.3. The monoisotopic (exact) mass is 374 g/mol. The molecule has 1 aliphatic carbocycles. The first-order valence-corrected chi connectivity index (χ1v) is 9.50. The highest BCUT2D eigenvalue weighted by Crippen LogP contribution is 2.37. The van der Waals surface area contributed by atoms with Crippen molar-refractivity contribution in [3.8, 4) is 11.5 Å². The quantitative estimate of drug-likeness (QED) is 0.779. The van der Waals surface area contributed by atoms with E-state index >= 15 is 0 Å². The first-order valence-electron chi connectivity index (χ1n) is 8.69. The molecular formula is C19H22N2O4S. The van der Waals surface area contributed by atoms with Crippen molar-refractivity contribution in [3.63, 3.8) is 0 Å². The third-order valence-electron chi connectivity index (χ3n) is 4.18. The van der Waals surface area contributed by atoms with E-state index in [4.69, 9.17) is 15.2 Å². The molecule has 1 aromatic carbocycles. The average molecular weight is 374 g/mol. The van der Waals surface area contributed by atoms with Crippen LogP contribution >= 0.6 is 11.3 Å². The predicted octanol–water partition coefficient (Wildman–Crippen LogP) is 3.14. The number of fused-ring (bicyclic) bond motifs is 1. The molecule has 0 unspecified atom stereocenters. The second-order valence-corrected chi connectivity index (χ2v) is 7.10. The van der Waals surface area contributed by atoms with E-state index < -0.39 is 5.91 Å². The number of carbonyl (C=O) groups excluding carboxylic acids is 2. The lowest BCUT2D eigenvalue weighted by Gasteiger charge is -2.12. The van der Waals surface area contributed by atoms with Crippen molar-refractivity contribution >= 4 is 28.2 Å². The zero-order valence-electron chi connectivity index (χ0n) is 14.7. The van der Waals surface area contributed by atoms with Gasteiger partial charge in [0, 0.05) is 4.88 Å². The Bertz CT molecular complexity index is 816. The molecule has 7 heteroatoms. The maximum absolute atomic E-state index is 12.3. The molecular weight excluding hydrogens is 352 g/mol. The van der Waals surface area contributed by atoms with Gasteiger partial charge in [-0.2, -0.15) is 0 Å². The predicted molar refractivity (Wildman–Crippen MR) is 101 cm³/mol. The van der Waals surface area contributed by atoms with Gasteiger partial charge >= 0.3 is 0 Å². The first kappa shape index (κ1) is 18.3. The van der Waals surface area contributed by atoms with E-state index in [0.717, 1.165) is 36.1 Å². The summed E-state index contributed by atoms with van der Waals surface area (Å²) in [4.78, 5) is 25.3. The summed E-state index contributed by atoms with van der Waals surface area (Å²) in [7, 11) is 0. The molecule has 0 atom stereocenters. The number of carbonyl (C=O) groups is 2. The SMILES string of the molecule is CCOc1ccccc1OCC(=O)Nc1sc2c(c1C(N)=O)CCCC2. The Morgan fingerprint density at radius 2 is 1.85 bits per heavy atom. The Balaban J connectivity index is 1.69. The molecule has 1 aromatic heterocycles. The van der Waals surface area contributed by atoms with E-state index in [-0.39, 0.29) is 12.5 Å². The number of benzene rings is 1. The number of thiophene rings is 1. The molecule has 3 rings (SSSR count). The van der Waals surface area contributed by atoms with Crippen molar-refractivity contribution in [1.82, 2.24) is 0 Å². The van der Waals surface area contributed by atoms with Crippen molar-refractivity contribution in [1.29, 1.82) is 0 Å². The fourth-order valence-corrected chi connectivity index (χ4v) is 4.38. The second kappa shape index (κ2) is 8.23. The highest BCUT2D eigenvalue weighted by molar-refractivity contribution is 7.17. The van der Waals surface area contributed by atoms with Crippen LogP contribution in [0.25, 0.3) is 0 Å². The minimum Gasteiger partial charge on any atom is -0.490 e. The van der Waals surface area contributed by atoms with E-state index in [1.54, 1.807) is 12.1 Å². The number of nitrogens with one attached hydrogen (secondary N) is 1. The van der Waals surface area contributed by atoms with Crippen LogP contribution in [0.15, 0.2) is 24.3 Å². The van der Waals surface area contributed by atoms with Gasteiger partial charge in [0.25, 0.3) is 11.8 Å². The molecule has 6 nitrogen and oxygen atoms in total. The van der Waals surface area contributed by atoms with Crippen molar-refractivity contribution in [2.45, 2.75) is 32.6 Å². The van der Waals surface area contributed by atoms with Crippen LogP contribution in [0.3, 0.4) is 0 Å². The Hall–Kier alpha value is -2.54. The molecule has 2 amide bonds. The molecule has 138 valence electrons. The highest BCUT2D eigenvalue weighted by atomic mass is 32.1. The summed E-state index contributed by atoms with van der Waals surface area (Å²) in [6, 6.07) is 7.19. The van der Waals surface area contributed by atoms with E-state index in [1.165, 1.54) is 11.3 Å². The molecule has 26 heavy (non-hydrogen) atoms. The summed E-state index contributed by atoms with van der Waals surface area (Å²) < 4.78 is 11.1. The van der Waals surface area contributed by atoms with Gasteiger partial charge < -0.3 is 20.5 Å². The third kappa shape index (κ3) is 3.99. The normalized spacial score (nSPS) is 13.0. The van der Waals surface area contributed by atoms with Crippen LogP contribution in [0.2, 0.25) is 0 Å². The van der Waals surface area contributed by atoms with Gasteiger partial charge in [-0.05, 0) is 50.3 Å². The third-order valence-corrected chi connectivity index (χ3v) is 5.39. The Labute approximate surface area is 156 Å². The minimum atomic E-state index is -0.498. The number of rotatable bonds is 7. The number of nitrogens with two attached hydrogens (primary N) is 1. The lowest BCUT2D eigenvalue weighted by atomic mass is 9.95. The number of aryl methyl sites for hydroxylation is 1. The Morgan fingerprint density at radius 3 is 2.54 bits per heavy atom. The van der Waals surface area contributed by atoms with Gasteiger partial charge in [0.05, 0.1) is 12.2 Å². The smallest absolute Gasteiger partial charge is 0.262 e. The number of hydrogen-bond donors (Lipinski definition) is 2. The number of para-hydroxylation sites is 2. The van der Waals surface area contributed by atoms with Crippen molar-refractivity contribution in [2.75, 3.05) is 18.5 Å². The van der Waals surface area contributed by atoms with Crippen molar-refractivity contribution in [2.24, 2.45) is 5.73 Å². The van der Waals surface area contributed by atoms with Gasteiger partial charge in [-0.1, -0.05) is 12.1 Å². The van der Waals surface area contributed by atoms with E-state index in [1.807, 2.05) is 19.1 Å². The molecule has 0 radical (unpaired) electrons. The Morgan fingerprint density at radius 1 is 1.15 bits per heavy atom. The van der Waals surface area contributed by atoms with Crippen molar-refractivity contribution < 1.29 is 19.1 Å². The van der Waals surface area contributed by atoms with Gasteiger partial charge in [0.15, 0.2) is 18.1 Å². The maximum Gasteiger partial charge on any atom is 0.262 e. The molecule has 3 N–H and O–H groups in total. The fraction of sp³-hybridized carbons (Fsp3) is 0.368. The number of anilines is 1. The summed E-state index contributed by atoms with van der Waals surface area (Å²) in [6.07, 6.45) is 3.89. The molecule has 0 saturated carbocycles. The summed E-state index contributed by atoms with van der Waals surface area (Å²) >= 11 is 1.44. The molecule has 2 aromatic rings. The van der Waals surface area contributed by atoms with Crippen LogP contribution in [0, 0.1) is 0 Å². The minimum absolute atomic E-state index is 0.176. The number of amides is 2. The summed E-state index contributed by atoms with van der Waals surface area (Å²) in [5.74, 6) is 0.261. The van der Waals surface area contributed by atoms with Crippen LogP contribution in [0.4, 0.5) is 5.00 Å². The van der Waals surface area contributed by atoms with Crippen LogP contribution in [0.5, 0.6) is 11.5 Å². The highest BCUT2D eigenvalue weighted by Gasteiger charge is 2.25. The number of primary amides is 1. The molecule has 1 aliphatic rings. The summed E-state index contributed by atoms with van der Waals surface area (Å²) in [5, 5.41) is 3.31. The van der Waals surface area contributed by atoms with Crippen LogP contribution in [-0.4, -0.2) is 25.0 Å². The second-order valence-electron chi connectivity index (χ2n) is 6.00. The zero-order chi connectivity index (χ0) is 18.5. The number of ether oxygens (including phenoxy) is 2. The van der Waals surface area contributed by atoms with Gasteiger partial charge in [0.2, 0.25) is 0 Å². The summed E-state index contributed by atoms with van der Waals surface area (Å²) in [5.41, 5.74) is 6.99. The average Bonchev–Trinajstić information content (AvgIpc) is 2.99. The van der Waals surface area contributed by atoms with Crippen LogP contribution in [0.1, 0.15) is 40.6 Å². The van der Waals surface area contributed by atoms with Gasteiger partial charge in [-0.15, -0.1) is 11.3 Å². The summed E-state index contributed by atoms with van der Waals surface area (Å²) in [6.45, 7) is 2.22. The Kier molecular flexibility index (Phi) is 5.78. The molecule has 0 saturated heterocycles. The van der Waals surface area contributed by atoms with Crippen LogP contribution < -0.4 is 20.5 Å². The molecule has 0 fully saturated rings. The molecule has 0 aliphatic heterocycles. The van der Waals surface area contributed by atoms with Gasteiger partial charge in [-0.3, -0.25) is 9.59 Å². The largest absolute Gasteiger partial charge is 0.490 e. The van der Waals surface area contributed by atoms with E-state index in [0.29, 0.717) is 28.7 Å². The topological polar surface area (TPSA) is 90.7 Å². The van der Waals surface area contributed by atoms with Gasteiger partial charge in [0.1, 0.15) is 5.00 Å². The lowest BCUT2D eigenvalue weighted by Crippen LogP contribution is -2.22. The van der Waals surface area contributed by atoms with Gasteiger partial charge in [-0.25, -0.2) is 0 Å². The first-order chi connectivity index (χ1) is 12.6. The zero-order valence-corrected chi connectivity index (χ0v) is 15.5. The van der Waals surface area contributed by atoms with E-state index in [9.17, 15) is 9.59 Å². The van der Waals surface area contributed by atoms with Crippen LogP contribution in [-0.2, 0) is 17.6 Å². The molecule has 0 spiro atoms. The molecule has 1 heterocycles. The fourth-order valence-electron chi connectivity index (χ4n) is 3.06. The lowest BCUT2D eigenvalue weighted by molar-refractivity contribution is -0.118.